The Labute approximate surface area is 178 Å². The third-order valence-electron chi connectivity index (χ3n) is 6.30. The molecule has 1 aromatic heterocycles. The topological polar surface area (TPSA) is 112 Å². The number of pyridine rings is 1. The van der Waals surface area contributed by atoms with Crippen LogP contribution >= 0.6 is 0 Å². The molecule has 0 aliphatic heterocycles. The maximum absolute atomic E-state index is 11.5. The fourth-order valence-corrected chi connectivity index (χ4v) is 4.52. The highest BCUT2D eigenvalue weighted by atomic mass is 28.4. The van der Waals surface area contributed by atoms with E-state index >= 15 is 0 Å². The monoisotopic (exact) mass is 436 g/mol. The molecule has 1 aromatic rings. The summed E-state index contributed by atoms with van der Waals surface area (Å²) in [6.07, 6.45) is 4.09. The molecule has 0 saturated heterocycles. The molecule has 1 N–H and O–H groups in total. The van der Waals surface area contributed by atoms with Crippen LogP contribution in [0.15, 0.2) is 24.5 Å². The number of esters is 1. The number of aliphatic hydroxyl groups is 1. The van der Waals surface area contributed by atoms with Crippen molar-refractivity contribution in [3.8, 4) is 0 Å². The van der Waals surface area contributed by atoms with E-state index in [1.807, 2.05) is 6.92 Å². The predicted molar refractivity (Wildman–Crippen MR) is 116 cm³/mol. The van der Waals surface area contributed by atoms with Gasteiger partial charge in [0.15, 0.2) is 8.32 Å². The van der Waals surface area contributed by atoms with Crippen molar-refractivity contribution < 1.29 is 24.0 Å². The number of rotatable bonds is 6. The van der Waals surface area contributed by atoms with E-state index in [0.717, 1.165) is 0 Å². The maximum Gasteiger partial charge on any atom is 0.302 e. The number of nitrogens with zero attached hydrogens (tertiary/aromatic N) is 2. The molecule has 0 amide bonds. The molecule has 0 spiro atoms. The molecule has 2 rings (SSSR count). The van der Waals surface area contributed by atoms with Crippen molar-refractivity contribution >= 4 is 25.5 Å². The van der Waals surface area contributed by atoms with Gasteiger partial charge in [-0.05, 0) is 42.1 Å². The van der Waals surface area contributed by atoms with Gasteiger partial charge in [-0.1, -0.05) is 33.8 Å². The summed E-state index contributed by atoms with van der Waals surface area (Å²) >= 11 is 0. The first kappa shape index (κ1) is 24.2. The summed E-state index contributed by atoms with van der Waals surface area (Å²) in [6.45, 7) is 13.3. The molecule has 1 aliphatic carbocycles. The fraction of sp³-hybridized carbons (Fsp3) is 0.619. The lowest BCUT2D eigenvalue weighted by Crippen LogP contribution is -2.58. The van der Waals surface area contributed by atoms with E-state index in [-0.39, 0.29) is 23.3 Å². The number of aromatic nitrogens is 1. The molecule has 0 saturated carbocycles. The summed E-state index contributed by atoms with van der Waals surface area (Å²) in [4.78, 5) is 26.3. The number of hydrogen-bond acceptors (Lipinski definition) is 7. The third kappa shape index (κ3) is 4.96. The number of nitro groups is 1. The molecule has 0 fully saturated rings. The molecule has 0 unspecified atom stereocenters. The van der Waals surface area contributed by atoms with Crippen LogP contribution in [0.4, 0.5) is 5.69 Å². The Morgan fingerprint density at radius 1 is 1.43 bits per heavy atom. The molecule has 1 heterocycles. The number of allylic oxidation sites excluding steroid dienone is 1. The largest absolute Gasteiger partial charge is 0.463 e. The second-order valence-corrected chi connectivity index (χ2v) is 14.3. The van der Waals surface area contributed by atoms with Gasteiger partial charge in [-0.15, -0.1) is 0 Å². The normalized spacial score (nSPS) is 24.9. The minimum absolute atomic E-state index is 0.0903. The van der Waals surface area contributed by atoms with E-state index in [4.69, 9.17) is 9.16 Å². The van der Waals surface area contributed by atoms with Gasteiger partial charge in [0.25, 0.3) is 5.69 Å². The average molecular weight is 437 g/mol. The molecule has 166 valence electrons. The van der Waals surface area contributed by atoms with Crippen molar-refractivity contribution in [2.75, 3.05) is 6.61 Å². The second-order valence-electron chi connectivity index (χ2n) is 9.52. The summed E-state index contributed by atoms with van der Waals surface area (Å²) in [5.41, 5.74) is -0.354. The minimum Gasteiger partial charge on any atom is -0.463 e. The Kier molecular flexibility index (Phi) is 6.90. The molecule has 30 heavy (non-hydrogen) atoms. The van der Waals surface area contributed by atoms with Gasteiger partial charge in [-0.3, -0.25) is 19.9 Å². The Morgan fingerprint density at radius 2 is 2.07 bits per heavy atom. The van der Waals surface area contributed by atoms with E-state index in [0.29, 0.717) is 17.6 Å². The van der Waals surface area contributed by atoms with Gasteiger partial charge < -0.3 is 14.3 Å². The Bertz CT molecular complexity index is 848. The highest BCUT2D eigenvalue weighted by Gasteiger charge is 2.50. The molecule has 3 atom stereocenters. The van der Waals surface area contributed by atoms with Gasteiger partial charge in [0.2, 0.25) is 0 Å². The van der Waals surface area contributed by atoms with Crippen LogP contribution in [0, 0.1) is 16.0 Å². The van der Waals surface area contributed by atoms with Gasteiger partial charge in [0, 0.05) is 13.1 Å². The van der Waals surface area contributed by atoms with E-state index in [9.17, 15) is 20.0 Å². The zero-order chi connectivity index (χ0) is 22.9. The van der Waals surface area contributed by atoms with E-state index in [2.05, 4.69) is 38.8 Å². The molecule has 1 aliphatic rings. The van der Waals surface area contributed by atoms with Crippen molar-refractivity contribution in [3.05, 3.63) is 40.2 Å². The summed E-state index contributed by atoms with van der Waals surface area (Å²) in [7, 11) is -2.32. The van der Waals surface area contributed by atoms with Crippen LogP contribution in [0.25, 0.3) is 5.57 Å². The van der Waals surface area contributed by atoms with Crippen LogP contribution in [-0.4, -0.2) is 47.6 Å². The Hall–Kier alpha value is -2.10. The molecule has 0 bridgehead atoms. The predicted octanol–water partition coefficient (Wildman–Crippen LogP) is 4.10. The van der Waals surface area contributed by atoms with Crippen LogP contribution in [0.3, 0.4) is 0 Å². The number of carbonyl (C=O) groups is 1. The van der Waals surface area contributed by atoms with Gasteiger partial charge >= 0.3 is 5.97 Å². The maximum atomic E-state index is 11.5. The van der Waals surface area contributed by atoms with Crippen molar-refractivity contribution in [2.24, 2.45) is 5.92 Å². The lowest BCUT2D eigenvalue weighted by atomic mass is 9.74. The van der Waals surface area contributed by atoms with Crippen LogP contribution < -0.4 is 0 Å². The lowest BCUT2D eigenvalue weighted by molar-refractivity contribution is -0.385. The van der Waals surface area contributed by atoms with Crippen LogP contribution in [0.5, 0.6) is 0 Å². The highest BCUT2D eigenvalue weighted by molar-refractivity contribution is 6.74. The van der Waals surface area contributed by atoms with E-state index < -0.39 is 30.9 Å². The summed E-state index contributed by atoms with van der Waals surface area (Å²) in [5.74, 6) is -0.847. The molecule has 0 radical (unpaired) electrons. The van der Waals surface area contributed by atoms with Crippen molar-refractivity contribution in [2.45, 2.75) is 70.9 Å². The van der Waals surface area contributed by atoms with Crippen molar-refractivity contribution in [1.29, 1.82) is 0 Å². The highest BCUT2D eigenvalue weighted by Crippen LogP contribution is 2.45. The Balaban J connectivity index is 2.57. The summed E-state index contributed by atoms with van der Waals surface area (Å²) in [6, 6.07) is 1.61. The number of carbonyl (C=O) groups excluding carboxylic acids is 1. The third-order valence-corrected chi connectivity index (χ3v) is 10.8. The van der Waals surface area contributed by atoms with Crippen LogP contribution in [0.1, 0.15) is 46.6 Å². The zero-order valence-corrected chi connectivity index (χ0v) is 19.8. The van der Waals surface area contributed by atoms with E-state index in [1.54, 1.807) is 12.1 Å². The molecular weight excluding hydrogens is 404 g/mol. The smallest absolute Gasteiger partial charge is 0.302 e. The minimum atomic E-state index is -2.32. The van der Waals surface area contributed by atoms with E-state index in [1.165, 1.54) is 19.3 Å². The van der Waals surface area contributed by atoms with Crippen molar-refractivity contribution in [3.63, 3.8) is 0 Å². The number of hydrogen-bond donors (Lipinski definition) is 1. The van der Waals surface area contributed by atoms with Gasteiger partial charge in [0.05, 0.1) is 16.6 Å². The number of ether oxygens (including phenoxy) is 1. The summed E-state index contributed by atoms with van der Waals surface area (Å²) in [5, 5.41) is 22.9. The summed E-state index contributed by atoms with van der Waals surface area (Å²) < 4.78 is 11.7. The first-order valence-corrected chi connectivity index (χ1v) is 12.9. The lowest BCUT2D eigenvalue weighted by Gasteiger charge is -2.47. The van der Waals surface area contributed by atoms with Gasteiger partial charge in [0.1, 0.15) is 18.4 Å². The molecular formula is C21H32N2O6Si. The van der Waals surface area contributed by atoms with Gasteiger partial charge in [-0.2, -0.15) is 0 Å². The quantitative estimate of drug-likeness (QED) is 0.309. The first-order chi connectivity index (χ1) is 13.7. The molecule has 0 aromatic carbocycles. The fourth-order valence-electron chi connectivity index (χ4n) is 3.26. The zero-order valence-electron chi connectivity index (χ0n) is 18.8. The molecule has 9 heteroatoms. The standard InChI is InChI=1S/C21H32N2O6Si/c1-14-10-16(17-8-9-22-12-18(17)23(26)27)11-19(21(14,25)13-28-15(2)24)29-30(6,7)20(3,4)5/h8-9,11-12,14,19,25H,10,13H2,1-7H3/t14-,19+,21+/m0/s1. The SMILES string of the molecule is CC(=O)OC[C@@]1(O)[C@@H](C)CC(c2ccncc2[N+](=O)[O-])=C[C@H]1O[Si](C)(C)C(C)(C)C. The van der Waals surface area contributed by atoms with Crippen molar-refractivity contribution in [1.82, 2.24) is 4.98 Å². The molecule has 8 nitrogen and oxygen atoms in total. The van der Waals surface area contributed by atoms with Crippen LogP contribution in [-0.2, 0) is 14.0 Å². The second kappa shape index (κ2) is 8.56. The average Bonchev–Trinajstić information content (AvgIpc) is 2.62. The van der Waals surface area contributed by atoms with Gasteiger partial charge in [-0.25, -0.2) is 0 Å². The van der Waals surface area contributed by atoms with Crippen LogP contribution in [0.2, 0.25) is 18.1 Å². The first-order valence-electron chi connectivity index (χ1n) is 10.0. The Morgan fingerprint density at radius 3 is 2.60 bits per heavy atom.